The summed E-state index contributed by atoms with van der Waals surface area (Å²) in [5.74, 6) is 4.25. The number of rotatable bonds is 4. The van der Waals surface area contributed by atoms with E-state index in [1.54, 1.807) is 31.3 Å². The zero-order chi connectivity index (χ0) is 18.5. The smallest absolute Gasteiger partial charge is 0.168 e. The zero-order valence-corrected chi connectivity index (χ0v) is 14.8. The molecule has 1 heterocycles. The van der Waals surface area contributed by atoms with Crippen molar-refractivity contribution in [2.45, 2.75) is 26.7 Å². The summed E-state index contributed by atoms with van der Waals surface area (Å²) in [7, 11) is 0. The molecule has 1 aromatic heterocycles. The third-order valence-electron chi connectivity index (χ3n) is 4.21. The molecule has 26 heavy (non-hydrogen) atoms. The molecule has 3 heteroatoms. The van der Waals surface area contributed by atoms with Gasteiger partial charge in [0.1, 0.15) is 0 Å². The largest absolute Gasteiger partial charge is 0.256 e. The summed E-state index contributed by atoms with van der Waals surface area (Å²) in [4.78, 5) is 4.33. The Hall–Kier alpha value is -2.99. The van der Waals surface area contributed by atoms with E-state index in [0.29, 0.717) is 17.7 Å². The molecule has 3 aromatic rings. The lowest BCUT2D eigenvalue weighted by Crippen LogP contribution is -1.98. The molecule has 0 saturated carbocycles. The number of aryl methyl sites for hydroxylation is 1. The molecule has 0 aliphatic rings. The monoisotopic (exact) mass is 347 g/mol. The maximum Gasteiger partial charge on any atom is 0.168 e. The van der Waals surface area contributed by atoms with E-state index in [1.807, 2.05) is 37.3 Å². The molecule has 0 aliphatic heterocycles. The molecule has 2 aromatic carbocycles. The molecule has 0 radical (unpaired) electrons. The van der Waals surface area contributed by atoms with Crippen molar-refractivity contribution in [3.63, 3.8) is 0 Å². The molecular formula is C23H19F2N. The van der Waals surface area contributed by atoms with Crippen LogP contribution in [0.1, 0.15) is 31.4 Å². The van der Waals surface area contributed by atoms with Crippen molar-refractivity contribution in [2.75, 3.05) is 0 Å². The predicted molar refractivity (Wildman–Crippen MR) is 102 cm³/mol. The SMILES string of the molecule is CC#Cc1ccc(-c2ccc(-c3ccc(CCC)c(F)c3F)nc2)cc1. The zero-order valence-electron chi connectivity index (χ0n) is 14.8. The van der Waals surface area contributed by atoms with Crippen LogP contribution in [-0.4, -0.2) is 4.98 Å². The van der Waals surface area contributed by atoms with Crippen molar-refractivity contribution in [3.8, 4) is 34.2 Å². The van der Waals surface area contributed by atoms with Gasteiger partial charge in [-0.2, -0.15) is 0 Å². The maximum atomic E-state index is 14.4. The minimum absolute atomic E-state index is 0.183. The van der Waals surface area contributed by atoms with E-state index in [-0.39, 0.29) is 5.56 Å². The van der Waals surface area contributed by atoms with Crippen LogP contribution in [0, 0.1) is 23.5 Å². The minimum Gasteiger partial charge on any atom is -0.256 e. The third kappa shape index (κ3) is 3.65. The van der Waals surface area contributed by atoms with Crippen molar-refractivity contribution in [3.05, 3.63) is 77.5 Å². The highest BCUT2D eigenvalue weighted by atomic mass is 19.2. The van der Waals surface area contributed by atoms with Gasteiger partial charge in [0.25, 0.3) is 0 Å². The molecule has 0 bridgehead atoms. The van der Waals surface area contributed by atoms with Crippen LogP contribution < -0.4 is 0 Å². The van der Waals surface area contributed by atoms with Crippen molar-refractivity contribution in [1.82, 2.24) is 4.98 Å². The highest BCUT2D eigenvalue weighted by Gasteiger charge is 2.15. The minimum atomic E-state index is -0.835. The summed E-state index contributed by atoms with van der Waals surface area (Å²) in [6.45, 7) is 3.74. The Morgan fingerprint density at radius 3 is 2.23 bits per heavy atom. The van der Waals surface area contributed by atoms with Gasteiger partial charge in [-0.15, -0.1) is 5.92 Å². The van der Waals surface area contributed by atoms with E-state index in [4.69, 9.17) is 0 Å². The lowest BCUT2D eigenvalue weighted by molar-refractivity contribution is 0.500. The van der Waals surface area contributed by atoms with Crippen LogP contribution in [0.2, 0.25) is 0 Å². The Morgan fingerprint density at radius 2 is 1.62 bits per heavy atom. The van der Waals surface area contributed by atoms with Gasteiger partial charge in [-0.05, 0) is 48.7 Å². The quantitative estimate of drug-likeness (QED) is 0.526. The van der Waals surface area contributed by atoms with Gasteiger partial charge in [0.05, 0.1) is 5.69 Å². The third-order valence-corrected chi connectivity index (χ3v) is 4.21. The Bertz CT molecular complexity index is 962. The van der Waals surface area contributed by atoms with Crippen LogP contribution in [0.4, 0.5) is 8.78 Å². The topological polar surface area (TPSA) is 12.9 Å². The molecule has 0 saturated heterocycles. The lowest BCUT2D eigenvalue weighted by atomic mass is 10.0. The summed E-state index contributed by atoms with van der Waals surface area (Å²) >= 11 is 0. The Labute approximate surface area is 152 Å². The first kappa shape index (κ1) is 17.8. The van der Waals surface area contributed by atoms with Crippen molar-refractivity contribution in [2.24, 2.45) is 0 Å². The maximum absolute atomic E-state index is 14.4. The van der Waals surface area contributed by atoms with Gasteiger partial charge in [-0.25, -0.2) is 8.78 Å². The van der Waals surface area contributed by atoms with E-state index >= 15 is 0 Å². The molecule has 1 nitrogen and oxygen atoms in total. The van der Waals surface area contributed by atoms with Gasteiger partial charge in [-0.3, -0.25) is 4.98 Å². The lowest BCUT2D eigenvalue weighted by Gasteiger charge is -2.08. The van der Waals surface area contributed by atoms with Gasteiger partial charge in [0.15, 0.2) is 11.6 Å². The number of benzene rings is 2. The summed E-state index contributed by atoms with van der Waals surface area (Å²) in [6.07, 6.45) is 2.96. The van der Waals surface area contributed by atoms with Crippen LogP contribution in [0.5, 0.6) is 0 Å². The fourth-order valence-corrected chi connectivity index (χ4v) is 2.86. The average Bonchev–Trinajstić information content (AvgIpc) is 2.67. The van der Waals surface area contributed by atoms with Crippen molar-refractivity contribution >= 4 is 0 Å². The van der Waals surface area contributed by atoms with Gasteiger partial charge in [0, 0.05) is 22.9 Å². The van der Waals surface area contributed by atoms with Crippen molar-refractivity contribution in [1.29, 1.82) is 0 Å². The van der Waals surface area contributed by atoms with Crippen LogP contribution >= 0.6 is 0 Å². The molecule has 0 amide bonds. The fraction of sp³-hybridized carbons (Fsp3) is 0.174. The number of nitrogens with zero attached hydrogens (tertiary/aromatic N) is 1. The first-order chi connectivity index (χ1) is 12.6. The van der Waals surface area contributed by atoms with E-state index in [9.17, 15) is 8.78 Å². The molecule has 3 rings (SSSR count). The van der Waals surface area contributed by atoms with Crippen LogP contribution in [0.15, 0.2) is 54.7 Å². The summed E-state index contributed by atoms with van der Waals surface area (Å²) in [5, 5.41) is 0. The number of hydrogen-bond donors (Lipinski definition) is 0. The van der Waals surface area contributed by atoms with E-state index < -0.39 is 11.6 Å². The molecule has 0 atom stereocenters. The molecule has 0 spiro atoms. The fourth-order valence-electron chi connectivity index (χ4n) is 2.86. The first-order valence-corrected chi connectivity index (χ1v) is 8.60. The highest BCUT2D eigenvalue weighted by molar-refractivity contribution is 5.68. The van der Waals surface area contributed by atoms with Crippen LogP contribution in [0.25, 0.3) is 22.4 Å². The number of hydrogen-bond acceptors (Lipinski definition) is 1. The number of pyridine rings is 1. The van der Waals surface area contributed by atoms with Gasteiger partial charge >= 0.3 is 0 Å². The van der Waals surface area contributed by atoms with Gasteiger partial charge in [0.2, 0.25) is 0 Å². The second-order valence-electron chi connectivity index (χ2n) is 6.03. The van der Waals surface area contributed by atoms with Gasteiger partial charge < -0.3 is 0 Å². The molecule has 0 unspecified atom stereocenters. The average molecular weight is 347 g/mol. The number of aromatic nitrogens is 1. The van der Waals surface area contributed by atoms with E-state index in [0.717, 1.165) is 23.1 Å². The Kier molecular flexibility index (Phi) is 5.43. The van der Waals surface area contributed by atoms with E-state index in [2.05, 4.69) is 16.8 Å². The standard InChI is InChI=1S/C23H19F2N/c1-3-5-16-7-9-17(10-8-16)19-12-14-21(26-15-19)20-13-11-18(6-4-2)22(24)23(20)25/h7-15H,4,6H2,1-2H3. The first-order valence-electron chi connectivity index (χ1n) is 8.60. The molecule has 0 aliphatic carbocycles. The van der Waals surface area contributed by atoms with Crippen molar-refractivity contribution < 1.29 is 8.78 Å². The second kappa shape index (κ2) is 7.93. The second-order valence-corrected chi connectivity index (χ2v) is 6.03. The number of halogens is 2. The van der Waals surface area contributed by atoms with Crippen LogP contribution in [0.3, 0.4) is 0 Å². The highest BCUT2D eigenvalue weighted by Crippen LogP contribution is 2.27. The Balaban J connectivity index is 1.90. The molecule has 0 fully saturated rings. The van der Waals surface area contributed by atoms with E-state index in [1.165, 1.54) is 0 Å². The van der Waals surface area contributed by atoms with Crippen LogP contribution in [-0.2, 0) is 6.42 Å². The Morgan fingerprint density at radius 1 is 0.885 bits per heavy atom. The molecular weight excluding hydrogens is 328 g/mol. The predicted octanol–water partition coefficient (Wildman–Crippen LogP) is 6.02. The normalized spacial score (nSPS) is 10.3. The van der Waals surface area contributed by atoms with Gasteiger partial charge in [-0.1, -0.05) is 43.5 Å². The summed E-state index contributed by atoms with van der Waals surface area (Å²) in [5.41, 5.74) is 3.86. The summed E-state index contributed by atoms with van der Waals surface area (Å²) < 4.78 is 28.5. The molecule has 130 valence electrons. The summed E-state index contributed by atoms with van der Waals surface area (Å²) in [6, 6.07) is 14.6. The molecule has 0 N–H and O–H groups in total.